The summed E-state index contributed by atoms with van der Waals surface area (Å²) in [5.41, 5.74) is 2.18. The highest BCUT2D eigenvalue weighted by atomic mass is 16.4. The van der Waals surface area contributed by atoms with E-state index in [1.165, 1.54) is 10.8 Å². The van der Waals surface area contributed by atoms with Crippen LogP contribution in [0.25, 0.3) is 0 Å². The smallest absolute Gasteiger partial charge is 0.328 e. The third-order valence-corrected chi connectivity index (χ3v) is 3.10. The third kappa shape index (κ3) is 2.95. The number of aromatic amines is 1. The minimum atomic E-state index is -0.540. The standard InChI is InChI=1S/C13H16N4O4/c1-3-8-5-17(13(20)15-11(8)18)6-9-4-7(2)10(21-9)12(19)16-14/h4-5H,3,6,14H2,1-2H3,(H,16,19)(H,15,18,20). The maximum Gasteiger partial charge on any atom is 0.328 e. The van der Waals surface area contributed by atoms with E-state index in [0.29, 0.717) is 23.3 Å². The molecule has 0 fully saturated rings. The summed E-state index contributed by atoms with van der Waals surface area (Å²) < 4.78 is 6.71. The molecular weight excluding hydrogens is 276 g/mol. The molecule has 0 saturated carbocycles. The SMILES string of the molecule is CCc1cn(Cc2cc(C)c(C(=O)NN)o2)c(=O)[nH]c1=O. The van der Waals surface area contributed by atoms with E-state index < -0.39 is 17.2 Å². The van der Waals surface area contributed by atoms with Crippen LogP contribution in [0.2, 0.25) is 0 Å². The van der Waals surface area contributed by atoms with Crippen LogP contribution in [0.1, 0.15) is 34.4 Å². The Morgan fingerprint density at radius 3 is 2.81 bits per heavy atom. The summed E-state index contributed by atoms with van der Waals surface area (Å²) in [5, 5.41) is 0. The van der Waals surface area contributed by atoms with E-state index in [9.17, 15) is 14.4 Å². The molecule has 0 unspecified atom stereocenters. The lowest BCUT2D eigenvalue weighted by Gasteiger charge is -2.04. The fourth-order valence-corrected chi connectivity index (χ4v) is 2.01. The molecule has 4 N–H and O–H groups in total. The number of nitrogens with one attached hydrogen (secondary N) is 2. The van der Waals surface area contributed by atoms with Gasteiger partial charge in [-0.2, -0.15) is 0 Å². The van der Waals surface area contributed by atoms with Crippen LogP contribution in [0.3, 0.4) is 0 Å². The number of H-pyrrole nitrogens is 1. The maximum atomic E-state index is 11.8. The number of rotatable bonds is 4. The zero-order valence-corrected chi connectivity index (χ0v) is 11.7. The molecule has 0 bridgehead atoms. The minimum Gasteiger partial charge on any atom is -0.454 e. The highest BCUT2D eigenvalue weighted by Crippen LogP contribution is 2.15. The highest BCUT2D eigenvalue weighted by molar-refractivity contribution is 5.92. The summed E-state index contributed by atoms with van der Waals surface area (Å²) in [7, 11) is 0. The van der Waals surface area contributed by atoms with E-state index in [2.05, 4.69) is 4.98 Å². The fraction of sp³-hybridized carbons (Fsp3) is 0.308. The number of carbonyl (C=O) groups is 1. The largest absolute Gasteiger partial charge is 0.454 e. The Balaban J connectivity index is 2.37. The van der Waals surface area contributed by atoms with E-state index in [0.717, 1.165) is 0 Å². The first kappa shape index (κ1) is 14.8. The van der Waals surface area contributed by atoms with Gasteiger partial charge in [0.2, 0.25) is 0 Å². The molecule has 0 saturated heterocycles. The van der Waals surface area contributed by atoms with Crippen molar-refractivity contribution in [3.8, 4) is 0 Å². The molecule has 112 valence electrons. The first-order chi connectivity index (χ1) is 9.96. The number of aromatic nitrogens is 2. The number of carbonyl (C=O) groups excluding carboxylic acids is 1. The summed E-state index contributed by atoms with van der Waals surface area (Å²) in [6.07, 6.45) is 2.00. The number of amides is 1. The molecule has 2 rings (SSSR count). The molecule has 0 spiro atoms. The van der Waals surface area contributed by atoms with Gasteiger partial charge >= 0.3 is 11.6 Å². The van der Waals surface area contributed by atoms with E-state index >= 15 is 0 Å². The van der Waals surface area contributed by atoms with Crippen LogP contribution in [-0.4, -0.2) is 15.5 Å². The summed E-state index contributed by atoms with van der Waals surface area (Å²) in [4.78, 5) is 37.0. The molecule has 0 radical (unpaired) electrons. The topological polar surface area (TPSA) is 123 Å². The Labute approximate surface area is 119 Å². The van der Waals surface area contributed by atoms with Crippen LogP contribution in [0.4, 0.5) is 0 Å². The number of nitrogens with two attached hydrogens (primary N) is 1. The Kier molecular flexibility index (Phi) is 4.08. The molecule has 0 aliphatic carbocycles. The third-order valence-electron chi connectivity index (χ3n) is 3.10. The molecule has 8 heteroatoms. The number of hydrogen-bond acceptors (Lipinski definition) is 5. The molecular formula is C13H16N4O4. The monoisotopic (exact) mass is 292 g/mol. The first-order valence-electron chi connectivity index (χ1n) is 6.39. The Morgan fingerprint density at radius 1 is 1.48 bits per heavy atom. The number of furan rings is 1. The first-order valence-corrected chi connectivity index (χ1v) is 6.39. The van der Waals surface area contributed by atoms with E-state index in [-0.39, 0.29) is 12.3 Å². The van der Waals surface area contributed by atoms with Crippen molar-refractivity contribution in [3.63, 3.8) is 0 Å². The lowest BCUT2D eigenvalue weighted by Crippen LogP contribution is -2.31. The fourth-order valence-electron chi connectivity index (χ4n) is 2.01. The lowest BCUT2D eigenvalue weighted by atomic mass is 10.2. The molecule has 2 aromatic heterocycles. The van der Waals surface area contributed by atoms with E-state index in [4.69, 9.17) is 10.3 Å². The minimum absolute atomic E-state index is 0.0979. The van der Waals surface area contributed by atoms with Crippen LogP contribution >= 0.6 is 0 Å². The lowest BCUT2D eigenvalue weighted by molar-refractivity contribution is 0.0923. The van der Waals surface area contributed by atoms with Crippen molar-refractivity contribution in [3.05, 3.63) is 55.7 Å². The van der Waals surface area contributed by atoms with Gasteiger partial charge in [-0.3, -0.25) is 24.6 Å². The summed E-state index contributed by atoms with van der Waals surface area (Å²) in [5.74, 6) is 5.04. The molecule has 21 heavy (non-hydrogen) atoms. The Morgan fingerprint density at radius 2 is 2.19 bits per heavy atom. The summed E-state index contributed by atoms with van der Waals surface area (Å²) in [6, 6.07) is 1.65. The second kappa shape index (κ2) is 5.80. The van der Waals surface area contributed by atoms with Gasteiger partial charge in [0.1, 0.15) is 5.76 Å². The van der Waals surface area contributed by atoms with Gasteiger partial charge in [0, 0.05) is 17.3 Å². The zero-order valence-electron chi connectivity index (χ0n) is 11.7. The molecule has 0 aliphatic heterocycles. The Bertz CT molecular complexity index is 784. The van der Waals surface area contributed by atoms with Crippen LogP contribution < -0.4 is 22.5 Å². The van der Waals surface area contributed by atoms with Gasteiger partial charge in [-0.15, -0.1) is 0 Å². The van der Waals surface area contributed by atoms with Crippen LogP contribution in [0.15, 0.2) is 26.3 Å². The van der Waals surface area contributed by atoms with Crippen molar-refractivity contribution in [2.75, 3.05) is 0 Å². The van der Waals surface area contributed by atoms with Gasteiger partial charge in [0.15, 0.2) is 5.76 Å². The van der Waals surface area contributed by atoms with Crippen molar-refractivity contribution in [2.45, 2.75) is 26.8 Å². The number of hydrazine groups is 1. The second-order valence-corrected chi connectivity index (χ2v) is 4.59. The predicted molar refractivity (Wildman–Crippen MR) is 74.9 cm³/mol. The van der Waals surface area contributed by atoms with Crippen molar-refractivity contribution in [1.29, 1.82) is 0 Å². The quantitative estimate of drug-likeness (QED) is 0.404. The zero-order chi connectivity index (χ0) is 15.6. The molecule has 2 aromatic rings. The van der Waals surface area contributed by atoms with Crippen molar-refractivity contribution < 1.29 is 9.21 Å². The van der Waals surface area contributed by atoms with E-state index in [1.54, 1.807) is 13.0 Å². The van der Waals surface area contributed by atoms with Crippen LogP contribution in [0.5, 0.6) is 0 Å². The van der Waals surface area contributed by atoms with Crippen LogP contribution in [0, 0.1) is 6.92 Å². The number of nitrogen functional groups attached to an aromatic ring is 1. The molecule has 0 aromatic carbocycles. The van der Waals surface area contributed by atoms with E-state index in [1.807, 2.05) is 12.3 Å². The molecule has 0 aliphatic rings. The molecule has 2 heterocycles. The van der Waals surface area contributed by atoms with Gasteiger partial charge in [-0.05, 0) is 19.4 Å². The van der Waals surface area contributed by atoms with Gasteiger partial charge in [0.25, 0.3) is 5.56 Å². The number of nitrogens with zero attached hydrogens (tertiary/aromatic N) is 1. The normalized spacial score (nSPS) is 10.6. The van der Waals surface area contributed by atoms with Crippen LogP contribution in [-0.2, 0) is 13.0 Å². The van der Waals surface area contributed by atoms with Crippen molar-refractivity contribution in [1.82, 2.24) is 15.0 Å². The number of hydrogen-bond donors (Lipinski definition) is 3. The van der Waals surface area contributed by atoms with Crippen molar-refractivity contribution >= 4 is 5.91 Å². The van der Waals surface area contributed by atoms with Gasteiger partial charge in [-0.25, -0.2) is 10.6 Å². The molecule has 8 nitrogen and oxygen atoms in total. The average molecular weight is 292 g/mol. The number of aryl methyl sites for hydroxylation is 2. The van der Waals surface area contributed by atoms with Gasteiger partial charge < -0.3 is 4.42 Å². The van der Waals surface area contributed by atoms with Gasteiger partial charge in [0.05, 0.1) is 6.54 Å². The van der Waals surface area contributed by atoms with Crippen molar-refractivity contribution in [2.24, 2.45) is 5.84 Å². The van der Waals surface area contributed by atoms with Gasteiger partial charge in [-0.1, -0.05) is 6.92 Å². The Hall–Kier alpha value is -2.61. The summed E-state index contributed by atoms with van der Waals surface area (Å²) in [6.45, 7) is 3.63. The molecule has 0 atom stereocenters. The summed E-state index contributed by atoms with van der Waals surface area (Å²) >= 11 is 0. The second-order valence-electron chi connectivity index (χ2n) is 4.59. The highest BCUT2D eigenvalue weighted by Gasteiger charge is 2.15. The predicted octanol–water partition coefficient (Wildman–Crippen LogP) is -0.348. The molecule has 1 amide bonds. The average Bonchev–Trinajstić information content (AvgIpc) is 2.81. The maximum absolute atomic E-state index is 11.8.